The normalized spacial score (nSPS) is 28.4. The molecule has 6 nitrogen and oxygen atoms in total. The highest BCUT2D eigenvalue weighted by molar-refractivity contribution is 5.90. The second-order valence-corrected chi connectivity index (χ2v) is 4.53. The Kier molecular flexibility index (Phi) is 2.17. The van der Waals surface area contributed by atoms with Crippen molar-refractivity contribution in [3.63, 3.8) is 0 Å². The fourth-order valence-electron chi connectivity index (χ4n) is 2.55. The molecule has 6 heteroatoms. The van der Waals surface area contributed by atoms with Crippen molar-refractivity contribution < 1.29 is 9.32 Å². The fourth-order valence-corrected chi connectivity index (χ4v) is 2.55. The zero-order chi connectivity index (χ0) is 11.1. The highest BCUT2D eigenvalue weighted by Gasteiger charge is 2.39. The van der Waals surface area contributed by atoms with Crippen molar-refractivity contribution in [2.75, 3.05) is 26.2 Å². The Bertz CT molecular complexity index is 405. The number of fused-ring (bicyclic) bond motifs is 1. The maximum atomic E-state index is 12.0. The molecular formula is C10H14N4O2. The molecule has 1 N–H and O–H groups in total. The predicted molar refractivity (Wildman–Crippen MR) is 54.8 cm³/mol. The minimum Gasteiger partial charge on any atom is -0.339 e. The Morgan fingerprint density at radius 1 is 1.44 bits per heavy atom. The summed E-state index contributed by atoms with van der Waals surface area (Å²) < 4.78 is 4.82. The van der Waals surface area contributed by atoms with Crippen LogP contribution < -0.4 is 5.32 Å². The predicted octanol–water partition coefficient (Wildman–Crippen LogP) is -0.331. The van der Waals surface area contributed by atoms with E-state index in [0.717, 1.165) is 26.2 Å². The molecular weight excluding hydrogens is 208 g/mol. The smallest absolute Gasteiger partial charge is 0.295 e. The number of aryl methyl sites for hydroxylation is 1. The van der Waals surface area contributed by atoms with Crippen LogP contribution in [-0.2, 0) is 0 Å². The summed E-state index contributed by atoms with van der Waals surface area (Å²) in [6.07, 6.45) is 0. The number of aromatic nitrogens is 2. The quantitative estimate of drug-likeness (QED) is 0.704. The van der Waals surface area contributed by atoms with Crippen molar-refractivity contribution in [3.8, 4) is 0 Å². The summed E-state index contributed by atoms with van der Waals surface area (Å²) in [5.74, 6) is 1.70. The first-order valence-corrected chi connectivity index (χ1v) is 5.54. The summed E-state index contributed by atoms with van der Waals surface area (Å²) in [7, 11) is 0. The SMILES string of the molecule is Cc1nc(C(=O)N2CC3CNCC3C2)no1. The van der Waals surface area contributed by atoms with E-state index in [9.17, 15) is 4.79 Å². The third-order valence-corrected chi connectivity index (χ3v) is 3.40. The van der Waals surface area contributed by atoms with Gasteiger partial charge in [0.05, 0.1) is 0 Å². The van der Waals surface area contributed by atoms with Gasteiger partial charge in [-0.1, -0.05) is 5.16 Å². The Balaban J connectivity index is 1.73. The minimum atomic E-state index is -0.105. The van der Waals surface area contributed by atoms with Gasteiger partial charge in [0, 0.05) is 33.1 Å². The number of carbonyl (C=O) groups is 1. The van der Waals surface area contributed by atoms with Gasteiger partial charge in [-0.05, 0) is 11.8 Å². The summed E-state index contributed by atoms with van der Waals surface area (Å²) in [6.45, 7) is 5.33. The molecule has 1 aromatic heterocycles. The van der Waals surface area contributed by atoms with Crippen LogP contribution in [0.4, 0.5) is 0 Å². The van der Waals surface area contributed by atoms with E-state index in [4.69, 9.17) is 4.52 Å². The van der Waals surface area contributed by atoms with Gasteiger partial charge in [-0.15, -0.1) is 0 Å². The van der Waals surface area contributed by atoms with Gasteiger partial charge in [-0.2, -0.15) is 4.98 Å². The minimum absolute atomic E-state index is 0.105. The van der Waals surface area contributed by atoms with E-state index in [2.05, 4.69) is 15.5 Å². The number of amides is 1. The Morgan fingerprint density at radius 2 is 2.12 bits per heavy atom. The van der Waals surface area contributed by atoms with E-state index in [1.807, 2.05) is 4.90 Å². The van der Waals surface area contributed by atoms with Crippen molar-refractivity contribution >= 4 is 5.91 Å². The molecule has 86 valence electrons. The molecule has 0 bridgehead atoms. The van der Waals surface area contributed by atoms with Crippen LogP contribution in [0.1, 0.15) is 16.5 Å². The van der Waals surface area contributed by atoms with Gasteiger partial charge in [0.15, 0.2) is 0 Å². The fraction of sp³-hybridized carbons (Fsp3) is 0.700. The summed E-state index contributed by atoms with van der Waals surface area (Å²) in [5.41, 5.74) is 0. The summed E-state index contributed by atoms with van der Waals surface area (Å²) >= 11 is 0. The van der Waals surface area contributed by atoms with Crippen LogP contribution in [0.15, 0.2) is 4.52 Å². The second kappa shape index (κ2) is 3.55. The maximum Gasteiger partial charge on any atom is 0.295 e. The molecule has 0 aliphatic carbocycles. The van der Waals surface area contributed by atoms with Gasteiger partial charge in [-0.25, -0.2) is 0 Å². The van der Waals surface area contributed by atoms with Gasteiger partial charge < -0.3 is 14.7 Å². The molecule has 2 unspecified atom stereocenters. The van der Waals surface area contributed by atoms with E-state index < -0.39 is 0 Å². The van der Waals surface area contributed by atoms with Crippen LogP contribution in [0.5, 0.6) is 0 Å². The Hall–Kier alpha value is -1.43. The summed E-state index contributed by atoms with van der Waals surface area (Å²) in [4.78, 5) is 17.8. The monoisotopic (exact) mass is 222 g/mol. The van der Waals surface area contributed by atoms with Crippen LogP contribution in [-0.4, -0.2) is 47.1 Å². The molecule has 16 heavy (non-hydrogen) atoms. The van der Waals surface area contributed by atoms with Gasteiger partial charge in [-0.3, -0.25) is 4.79 Å². The van der Waals surface area contributed by atoms with Crippen LogP contribution >= 0.6 is 0 Å². The van der Waals surface area contributed by atoms with Gasteiger partial charge >= 0.3 is 0 Å². The van der Waals surface area contributed by atoms with Gasteiger partial charge in [0.2, 0.25) is 5.89 Å². The van der Waals surface area contributed by atoms with E-state index in [0.29, 0.717) is 17.7 Å². The number of likely N-dealkylation sites (tertiary alicyclic amines) is 1. The highest BCUT2D eigenvalue weighted by atomic mass is 16.5. The third kappa shape index (κ3) is 1.49. The molecule has 2 fully saturated rings. The van der Waals surface area contributed by atoms with Crippen LogP contribution in [0.25, 0.3) is 0 Å². The Morgan fingerprint density at radius 3 is 2.69 bits per heavy atom. The lowest BCUT2D eigenvalue weighted by molar-refractivity contribution is 0.0766. The average molecular weight is 222 g/mol. The number of hydrogen-bond acceptors (Lipinski definition) is 5. The van der Waals surface area contributed by atoms with E-state index in [-0.39, 0.29) is 11.7 Å². The summed E-state index contributed by atoms with van der Waals surface area (Å²) in [5, 5.41) is 7.00. The number of nitrogens with zero attached hydrogens (tertiary/aromatic N) is 3. The molecule has 2 aliphatic rings. The highest BCUT2D eigenvalue weighted by Crippen LogP contribution is 2.26. The van der Waals surface area contributed by atoms with Crippen molar-refractivity contribution in [1.29, 1.82) is 0 Å². The number of hydrogen-bond donors (Lipinski definition) is 1. The van der Waals surface area contributed by atoms with Crippen LogP contribution in [0, 0.1) is 18.8 Å². The molecule has 2 saturated heterocycles. The molecule has 3 rings (SSSR count). The first-order chi connectivity index (χ1) is 7.74. The lowest BCUT2D eigenvalue weighted by atomic mass is 10.0. The topological polar surface area (TPSA) is 71.3 Å². The maximum absolute atomic E-state index is 12.0. The molecule has 0 saturated carbocycles. The zero-order valence-corrected chi connectivity index (χ0v) is 9.14. The average Bonchev–Trinajstić information content (AvgIpc) is 2.89. The van der Waals surface area contributed by atoms with Gasteiger partial charge in [0.1, 0.15) is 0 Å². The molecule has 3 heterocycles. The van der Waals surface area contributed by atoms with Crippen LogP contribution in [0.3, 0.4) is 0 Å². The Labute approximate surface area is 93.0 Å². The first-order valence-electron chi connectivity index (χ1n) is 5.54. The lowest BCUT2D eigenvalue weighted by Gasteiger charge is -2.14. The molecule has 1 amide bonds. The standard InChI is InChI=1S/C10H14N4O2/c1-6-12-9(13-16-6)10(15)14-4-7-2-11-3-8(7)5-14/h7-8,11H,2-5H2,1H3. The van der Waals surface area contributed by atoms with E-state index >= 15 is 0 Å². The third-order valence-electron chi connectivity index (χ3n) is 3.40. The van der Waals surface area contributed by atoms with Gasteiger partial charge in [0.25, 0.3) is 11.7 Å². The van der Waals surface area contributed by atoms with E-state index in [1.165, 1.54) is 0 Å². The molecule has 2 aliphatic heterocycles. The lowest BCUT2D eigenvalue weighted by Crippen LogP contribution is -2.32. The zero-order valence-electron chi connectivity index (χ0n) is 9.14. The van der Waals surface area contributed by atoms with Crippen molar-refractivity contribution in [2.45, 2.75) is 6.92 Å². The number of carbonyl (C=O) groups excluding carboxylic acids is 1. The number of rotatable bonds is 1. The molecule has 0 radical (unpaired) electrons. The number of nitrogens with one attached hydrogen (secondary N) is 1. The molecule has 1 aromatic rings. The summed E-state index contributed by atoms with van der Waals surface area (Å²) in [6, 6.07) is 0. The molecule has 0 aromatic carbocycles. The van der Waals surface area contributed by atoms with Crippen LogP contribution in [0.2, 0.25) is 0 Å². The van der Waals surface area contributed by atoms with Crippen molar-refractivity contribution in [2.24, 2.45) is 11.8 Å². The van der Waals surface area contributed by atoms with Crippen molar-refractivity contribution in [1.82, 2.24) is 20.4 Å². The van der Waals surface area contributed by atoms with E-state index in [1.54, 1.807) is 6.92 Å². The molecule has 0 spiro atoms. The molecule has 2 atom stereocenters. The largest absolute Gasteiger partial charge is 0.339 e. The van der Waals surface area contributed by atoms with Crippen molar-refractivity contribution in [3.05, 3.63) is 11.7 Å². The second-order valence-electron chi connectivity index (χ2n) is 4.53. The first kappa shape index (κ1) is 9.77.